The summed E-state index contributed by atoms with van der Waals surface area (Å²) in [6, 6.07) is 8.45. The van der Waals surface area contributed by atoms with E-state index in [9.17, 15) is 4.79 Å². The number of hydrogen-bond acceptors (Lipinski definition) is 4. The number of piperidine rings is 1. The van der Waals surface area contributed by atoms with E-state index in [0.29, 0.717) is 11.8 Å². The maximum absolute atomic E-state index is 12.4. The lowest BCUT2D eigenvalue weighted by molar-refractivity contribution is -0.119. The minimum atomic E-state index is 0.142. The van der Waals surface area contributed by atoms with Gasteiger partial charge >= 0.3 is 0 Å². The van der Waals surface area contributed by atoms with Crippen molar-refractivity contribution in [1.29, 1.82) is 0 Å². The summed E-state index contributed by atoms with van der Waals surface area (Å²) in [5.74, 6) is 0.142. The number of benzene rings is 1. The second-order valence-electron chi connectivity index (χ2n) is 6.75. The van der Waals surface area contributed by atoms with E-state index < -0.39 is 0 Å². The molecule has 0 spiro atoms. The van der Waals surface area contributed by atoms with E-state index in [2.05, 4.69) is 46.3 Å². The lowest BCUT2D eigenvalue weighted by atomic mass is 10.1. The highest BCUT2D eigenvalue weighted by Gasteiger charge is 2.25. The van der Waals surface area contributed by atoms with Crippen LogP contribution in [-0.2, 0) is 4.79 Å². The van der Waals surface area contributed by atoms with Gasteiger partial charge in [0.1, 0.15) is 0 Å². The van der Waals surface area contributed by atoms with Gasteiger partial charge in [-0.1, -0.05) is 25.5 Å². The van der Waals surface area contributed by atoms with Gasteiger partial charge in [0.15, 0.2) is 0 Å². The number of thioether (sulfide) groups is 1. The summed E-state index contributed by atoms with van der Waals surface area (Å²) in [5, 5.41) is 3.68. The maximum atomic E-state index is 12.4. The molecule has 0 aliphatic carbocycles. The normalized spacial score (nSPS) is 21.4. The number of carbonyl (C=O) groups excluding carboxylic acids is 1. The number of rotatable bonds is 6. The van der Waals surface area contributed by atoms with Crippen molar-refractivity contribution >= 4 is 23.4 Å². The molecule has 1 amide bonds. The quantitative estimate of drug-likeness (QED) is 0.858. The smallest absolute Gasteiger partial charge is 0.239 e. The Balaban J connectivity index is 1.50. The fourth-order valence-corrected chi connectivity index (χ4v) is 4.76. The average Bonchev–Trinajstić information content (AvgIpc) is 2.62. The van der Waals surface area contributed by atoms with Gasteiger partial charge in [-0.05, 0) is 44.5 Å². The first-order chi connectivity index (χ1) is 11.8. The van der Waals surface area contributed by atoms with Crippen molar-refractivity contribution in [2.24, 2.45) is 0 Å². The number of hydrogen-bond donors (Lipinski definition) is 1. The molecule has 132 valence electrons. The van der Waals surface area contributed by atoms with Gasteiger partial charge in [-0.25, -0.2) is 0 Å². The molecular weight excluding hydrogens is 318 g/mol. The van der Waals surface area contributed by atoms with E-state index in [-0.39, 0.29) is 5.91 Å². The lowest BCUT2D eigenvalue weighted by Crippen LogP contribution is -2.44. The van der Waals surface area contributed by atoms with Crippen LogP contribution >= 0.6 is 11.8 Å². The van der Waals surface area contributed by atoms with Crippen LogP contribution in [0.25, 0.3) is 0 Å². The van der Waals surface area contributed by atoms with E-state index in [1.165, 1.54) is 42.9 Å². The molecule has 0 bridgehead atoms. The second kappa shape index (κ2) is 8.77. The summed E-state index contributed by atoms with van der Waals surface area (Å²) >= 11 is 1.94. The highest BCUT2D eigenvalue weighted by Crippen LogP contribution is 2.39. The fourth-order valence-electron chi connectivity index (χ4n) is 3.51. The first kappa shape index (κ1) is 17.6. The molecule has 1 fully saturated rings. The first-order valence-corrected chi connectivity index (χ1v) is 10.1. The minimum absolute atomic E-state index is 0.142. The van der Waals surface area contributed by atoms with Gasteiger partial charge in [-0.15, -0.1) is 11.8 Å². The fraction of sp³-hybridized carbons (Fsp3) is 0.632. The Morgan fingerprint density at radius 1 is 1.25 bits per heavy atom. The Hall–Kier alpha value is -1.20. The SMILES string of the molecule is CC[C@@H]1CN(CC(=O)NCCN2CCCCC2)c2ccccc2S1. The molecule has 5 heteroatoms. The van der Waals surface area contributed by atoms with Gasteiger partial charge in [0.05, 0.1) is 12.2 Å². The first-order valence-electron chi connectivity index (χ1n) is 9.26. The third kappa shape index (κ3) is 4.67. The average molecular weight is 348 g/mol. The predicted molar refractivity (Wildman–Crippen MR) is 102 cm³/mol. The number of nitrogens with zero attached hydrogens (tertiary/aromatic N) is 2. The summed E-state index contributed by atoms with van der Waals surface area (Å²) in [6.07, 6.45) is 5.09. The van der Waals surface area contributed by atoms with Crippen molar-refractivity contribution in [2.45, 2.75) is 42.8 Å². The van der Waals surface area contributed by atoms with Crippen LogP contribution in [0.4, 0.5) is 5.69 Å². The Morgan fingerprint density at radius 2 is 2.04 bits per heavy atom. The van der Waals surface area contributed by atoms with Crippen molar-refractivity contribution in [3.8, 4) is 0 Å². The summed E-state index contributed by atoms with van der Waals surface area (Å²) in [5.41, 5.74) is 1.21. The molecule has 1 atom stereocenters. The molecule has 0 saturated carbocycles. The Bertz CT molecular complexity index is 545. The standard InChI is InChI=1S/C19H29N3OS/c1-2-16-14-22(17-8-4-5-9-18(17)24-16)15-19(23)20-10-13-21-11-6-3-7-12-21/h4-5,8-9,16H,2-3,6-7,10-15H2,1H3,(H,20,23)/t16-/m1/s1. The van der Waals surface area contributed by atoms with E-state index in [1.54, 1.807) is 0 Å². The van der Waals surface area contributed by atoms with Crippen LogP contribution in [0.5, 0.6) is 0 Å². The number of anilines is 1. The molecule has 0 unspecified atom stereocenters. The van der Waals surface area contributed by atoms with Crippen molar-refractivity contribution < 1.29 is 4.79 Å². The zero-order valence-corrected chi connectivity index (χ0v) is 15.5. The van der Waals surface area contributed by atoms with E-state index >= 15 is 0 Å². The van der Waals surface area contributed by atoms with Gasteiger partial charge in [0.2, 0.25) is 5.91 Å². The number of fused-ring (bicyclic) bond motifs is 1. The van der Waals surface area contributed by atoms with Crippen molar-refractivity contribution in [3.63, 3.8) is 0 Å². The molecule has 2 aliphatic heterocycles. The van der Waals surface area contributed by atoms with Gasteiger partial charge in [-0.2, -0.15) is 0 Å². The molecule has 1 N–H and O–H groups in total. The largest absolute Gasteiger partial charge is 0.360 e. The van der Waals surface area contributed by atoms with Gasteiger partial charge < -0.3 is 15.1 Å². The third-order valence-electron chi connectivity index (χ3n) is 4.91. The number of nitrogens with one attached hydrogen (secondary N) is 1. The second-order valence-corrected chi connectivity index (χ2v) is 8.09. The van der Waals surface area contributed by atoms with Gasteiger partial charge in [-0.3, -0.25) is 4.79 Å². The molecule has 2 aliphatic rings. The lowest BCUT2D eigenvalue weighted by Gasteiger charge is -2.35. The van der Waals surface area contributed by atoms with Crippen LogP contribution in [0.3, 0.4) is 0 Å². The highest BCUT2D eigenvalue weighted by molar-refractivity contribution is 8.00. The topological polar surface area (TPSA) is 35.6 Å². The Morgan fingerprint density at radius 3 is 2.83 bits per heavy atom. The summed E-state index contributed by atoms with van der Waals surface area (Å²) < 4.78 is 0. The van der Waals surface area contributed by atoms with Gasteiger partial charge in [0.25, 0.3) is 0 Å². The Labute approximate surface area is 150 Å². The Kier molecular flexibility index (Phi) is 6.44. The van der Waals surface area contributed by atoms with Crippen LogP contribution in [0.15, 0.2) is 29.2 Å². The van der Waals surface area contributed by atoms with Crippen molar-refractivity contribution in [3.05, 3.63) is 24.3 Å². The van der Waals surface area contributed by atoms with Crippen molar-refractivity contribution in [1.82, 2.24) is 10.2 Å². The number of likely N-dealkylation sites (tertiary alicyclic amines) is 1. The molecule has 3 rings (SSSR count). The molecule has 0 aromatic heterocycles. The maximum Gasteiger partial charge on any atom is 0.239 e. The summed E-state index contributed by atoms with van der Waals surface area (Å²) in [6.45, 7) is 7.76. The zero-order valence-electron chi connectivity index (χ0n) is 14.7. The molecule has 1 aromatic carbocycles. The molecule has 24 heavy (non-hydrogen) atoms. The summed E-state index contributed by atoms with van der Waals surface area (Å²) in [7, 11) is 0. The van der Waals surface area contributed by atoms with E-state index in [0.717, 1.165) is 26.1 Å². The van der Waals surface area contributed by atoms with Crippen molar-refractivity contribution in [2.75, 3.05) is 44.2 Å². The molecular formula is C19H29N3OS. The van der Waals surface area contributed by atoms with Crippen LogP contribution in [-0.4, -0.2) is 55.3 Å². The minimum Gasteiger partial charge on any atom is -0.360 e. The number of amides is 1. The third-order valence-corrected chi connectivity index (χ3v) is 6.33. The van der Waals surface area contributed by atoms with Crippen LogP contribution in [0, 0.1) is 0 Å². The molecule has 4 nitrogen and oxygen atoms in total. The highest BCUT2D eigenvalue weighted by atomic mass is 32.2. The monoisotopic (exact) mass is 347 g/mol. The molecule has 2 heterocycles. The number of para-hydroxylation sites is 1. The van der Waals surface area contributed by atoms with Crippen LogP contribution in [0.2, 0.25) is 0 Å². The molecule has 1 aromatic rings. The number of carbonyl (C=O) groups is 1. The van der Waals surface area contributed by atoms with E-state index in [4.69, 9.17) is 0 Å². The van der Waals surface area contributed by atoms with E-state index in [1.807, 2.05) is 11.8 Å². The van der Waals surface area contributed by atoms with Crippen LogP contribution in [0.1, 0.15) is 32.6 Å². The molecule has 0 radical (unpaired) electrons. The van der Waals surface area contributed by atoms with Crippen LogP contribution < -0.4 is 10.2 Å². The zero-order chi connectivity index (χ0) is 16.8. The predicted octanol–water partition coefficient (Wildman–Crippen LogP) is 2.98. The molecule has 1 saturated heterocycles. The van der Waals surface area contributed by atoms with Gasteiger partial charge in [0, 0.05) is 29.8 Å². The summed E-state index contributed by atoms with van der Waals surface area (Å²) in [4.78, 5) is 18.4.